The molecule has 0 amide bonds. The quantitative estimate of drug-likeness (QED) is 0.644. The maximum atomic E-state index is 5.99. The Balaban J connectivity index is 0.00000312. The van der Waals surface area contributed by atoms with E-state index < -0.39 is 0 Å². The normalized spacial score (nSPS) is 11.0. The molecular weight excluding hydrogens is 402 g/mol. The van der Waals surface area contributed by atoms with Crippen molar-refractivity contribution < 1.29 is 9.47 Å². The Morgan fingerprint density at radius 3 is 2.24 bits per heavy atom. The van der Waals surface area contributed by atoms with Crippen LogP contribution >= 0.6 is 28.3 Å². The highest BCUT2D eigenvalue weighted by atomic mass is 79.9. The first-order valence-electron chi connectivity index (χ1n) is 8.08. The first kappa shape index (κ1) is 21.8. The number of hydrogen-bond acceptors (Lipinski definition) is 3. The Hall–Kier alpha value is -1.23. The lowest BCUT2D eigenvalue weighted by molar-refractivity contribution is 0.282. The molecule has 0 atom stereocenters. The van der Waals surface area contributed by atoms with E-state index in [9.17, 15) is 0 Å². The molecule has 2 aromatic rings. The van der Waals surface area contributed by atoms with Crippen LogP contribution in [0, 0.1) is 6.92 Å². The molecule has 2 rings (SSSR count). The summed E-state index contributed by atoms with van der Waals surface area (Å²) in [6, 6.07) is 12.4. The van der Waals surface area contributed by atoms with E-state index in [0.29, 0.717) is 6.61 Å². The topological polar surface area (TPSA) is 30.5 Å². The fourth-order valence-electron chi connectivity index (χ4n) is 2.22. The minimum Gasteiger partial charge on any atom is -0.493 e. The van der Waals surface area contributed by atoms with Crippen LogP contribution in [-0.4, -0.2) is 12.6 Å². The van der Waals surface area contributed by atoms with Crippen molar-refractivity contribution in [1.29, 1.82) is 0 Å². The van der Waals surface area contributed by atoms with Crippen molar-refractivity contribution in [2.24, 2.45) is 0 Å². The third kappa shape index (κ3) is 6.89. The van der Waals surface area contributed by atoms with Gasteiger partial charge in [-0.2, -0.15) is 0 Å². The van der Waals surface area contributed by atoms with Crippen LogP contribution in [0.15, 0.2) is 40.9 Å². The van der Waals surface area contributed by atoms with Gasteiger partial charge in [-0.25, -0.2) is 0 Å². The number of halogens is 2. The molecule has 0 aliphatic rings. The van der Waals surface area contributed by atoms with E-state index in [1.54, 1.807) is 7.11 Å². The molecule has 0 fully saturated rings. The molecule has 5 heteroatoms. The second kappa shape index (κ2) is 9.46. The summed E-state index contributed by atoms with van der Waals surface area (Å²) in [6.45, 7) is 9.81. The molecule has 25 heavy (non-hydrogen) atoms. The average molecular weight is 429 g/mol. The number of aryl methyl sites for hydroxylation is 1. The molecule has 0 saturated heterocycles. The van der Waals surface area contributed by atoms with Crippen molar-refractivity contribution in [3.8, 4) is 11.5 Å². The second-order valence-corrected chi connectivity index (χ2v) is 7.84. The third-order valence-corrected chi connectivity index (χ3v) is 4.20. The lowest BCUT2D eigenvalue weighted by Gasteiger charge is -2.21. The van der Waals surface area contributed by atoms with Gasteiger partial charge in [0, 0.05) is 12.1 Å². The molecular formula is C20H27BrClNO2. The molecule has 0 unspecified atom stereocenters. The largest absolute Gasteiger partial charge is 0.493 e. The van der Waals surface area contributed by atoms with Gasteiger partial charge in [-0.05, 0) is 66.9 Å². The van der Waals surface area contributed by atoms with Crippen molar-refractivity contribution in [1.82, 2.24) is 5.32 Å². The summed E-state index contributed by atoms with van der Waals surface area (Å²) in [5.41, 5.74) is 3.60. The summed E-state index contributed by atoms with van der Waals surface area (Å²) in [7, 11) is 1.67. The van der Waals surface area contributed by atoms with Crippen molar-refractivity contribution in [3.63, 3.8) is 0 Å². The van der Waals surface area contributed by atoms with Gasteiger partial charge in [0.1, 0.15) is 6.61 Å². The number of nitrogens with one attached hydrogen (secondary N) is 1. The SMILES string of the molecule is COc1cc(CNC(C)(C)C)cc(Br)c1OCc1ccc(C)cc1.Cl. The maximum absolute atomic E-state index is 5.99. The van der Waals surface area contributed by atoms with E-state index >= 15 is 0 Å². The van der Waals surface area contributed by atoms with Crippen molar-refractivity contribution in [3.05, 3.63) is 57.6 Å². The predicted molar refractivity (Wildman–Crippen MR) is 110 cm³/mol. The van der Waals surface area contributed by atoms with Gasteiger partial charge in [-0.3, -0.25) is 0 Å². The molecule has 0 heterocycles. The van der Waals surface area contributed by atoms with Crippen LogP contribution in [0.5, 0.6) is 11.5 Å². The number of ether oxygens (including phenoxy) is 2. The molecule has 138 valence electrons. The van der Waals surface area contributed by atoms with E-state index in [1.165, 1.54) is 5.56 Å². The van der Waals surface area contributed by atoms with Crippen LogP contribution in [0.2, 0.25) is 0 Å². The monoisotopic (exact) mass is 427 g/mol. The predicted octanol–water partition coefficient (Wildman–Crippen LogP) is 5.66. The molecule has 0 aliphatic heterocycles. The highest BCUT2D eigenvalue weighted by molar-refractivity contribution is 9.10. The van der Waals surface area contributed by atoms with Gasteiger partial charge >= 0.3 is 0 Å². The third-order valence-electron chi connectivity index (χ3n) is 3.62. The number of methoxy groups -OCH3 is 1. The minimum absolute atomic E-state index is 0. The fraction of sp³-hybridized carbons (Fsp3) is 0.400. The number of benzene rings is 2. The van der Waals surface area contributed by atoms with Gasteiger partial charge in [-0.15, -0.1) is 12.4 Å². The zero-order chi connectivity index (χ0) is 17.7. The summed E-state index contributed by atoms with van der Waals surface area (Å²) >= 11 is 3.61. The summed E-state index contributed by atoms with van der Waals surface area (Å²) in [4.78, 5) is 0. The fourth-order valence-corrected chi connectivity index (χ4v) is 2.83. The van der Waals surface area contributed by atoms with Gasteiger partial charge in [-0.1, -0.05) is 29.8 Å². The Labute approximate surface area is 165 Å². The number of hydrogen-bond donors (Lipinski definition) is 1. The zero-order valence-electron chi connectivity index (χ0n) is 15.5. The Kier molecular flexibility index (Phi) is 8.26. The first-order valence-corrected chi connectivity index (χ1v) is 8.87. The van der Waals surface area contributed by atoms with Crippen LogP contribution in [0.3, 0.4) is 0 Å². The Bertz CT molecular complexity index is 681. The molecule has 0 radical (unpaired) electrons. The summed E-state index contributed by atoms with van der Waals surface area (Å²) < 4.78 is 12.4. The molecule has 2 aromatic carbocycles. The van der Waals surface area contributed by atoms with Crippen LogP contribution in [0.4, 0.5) is 0 Å². The second-order valence-electron chi connectivity index (χ2n) is 6.99. The van der Waals surface area contributed by atoms with Crippen LogP contribution in [-0.2, 0) is 13.2 Å². The van der Waals surface area contributed by atoms with Gasteiger partial charge in [0.05, 0.1) is 11.6 Å². The standard InChI is InChI=1S/C20H26BrNO2.ClH/c1-14-6-8-15(9-7-14)13-24-19-17(21)10-16(11-18(19)23-5)12-22-20(2,3)4;/h6-11,22H,12-13H2,1-5H3;1H. The van der Waals surface area contributed by atoms with Gasteiger partial charge in [0.2, 0.25) is 0 Å². The van der Waals surface area contributed by atoms with E-state index in [2.05, 4.69) is 79.3 Å². The van der Waals surface area contributed by atoms with Crippen molar-refractivity contribution in [2.75, 3.05) is 7.11 Å². The van der Waals surface area contributed by atoms with E-state index in [4.69, 9.17) is 9.47 Å². The molecule has 0 saturated carbocycles. The average Bonchev–Trinajstić information content (AvgIpc) is 2.52. The van der Waals surface area contributed by atoms with E-state index in [-0.39, 0.29) is 17.9 Å². The molecule has 0 aromatic heterocycles. The summed E-state index contributed by atoms with van der Waals surface area (Å²) in [5.74, 6) is 1.47. The minimum atomic E-state index is 0. The van der Waals surface area contributed by atoms with Gasteiger partial charge < -0.3 is 14.8 Å². The van der Waals surface area contributed by atoms with Gasteiger partial charge in [0.15, 0.2) is 11.5 Å². The Morgan fingerprint density at radius 1 is 1.04 bits per heavy atom. The maximum Gasteiger partial charge on any atom is 0.175 e. The molecule has 3 nitrogen and oxygen atoms in total. The highest BCUT2D eigenvalue weighted by Gasteiger charge is 2.14. The molecule has 0 spiro atoms. The van der Waals surface area contributed by atoms with Gasteiger partial charge in [0.25, 0.3) is 0 Å². The van der Waals surface area contributed by atoms with E-state index in [0.717, 1.165) is 33.6 Å². The lowest BCUT2D eigenvalue weighted by atomic mass is 10.1. The molecule has 0 aliphatic carbocycles. The molecule has 0 bridgehead atoms. The van der Waals surface area contributed by atoms with Crippen LogP contribution in [0.25, 0.3) is 0 Å². The zero-order valence-corrected chi connectivity index (χ0v) is 17.9. The summed E-state index contributed by atoms with van der Waals surface area (Å²) in [6.07, 6.45) is 0. The molecule has 1 N–H and O–H groups in total. The Morgan fingerprint density at radius 2 is 1.68 bits per heavy atom. The number of rotatable bonds is 6. The summed E-state index contributed by atoms with van der Waals surface area (Å²) in [5, 5.41) is 3.48. The van der Waals surface area contributed by atoms with Crippen LogP contribution in [0.1, 0.15) is 37.5 Å². The van der Waals surface area contributed by atoms with Crippen molar-refractivity contribution >= 4 is 28.3 Å². The first-order chi connectivity index (χ1) is 11.3. The smallest absolute Gasteiger partial charge is 0.175 e. The van der Waals surface area contributed by atoms with Crippen molar-refractivity contribution in [2.45, 2.75) is 46.4 Å². The van der Waals surface area contributed by atoms with Crippen LogP contribution < -0.4 is 14.8 Å². The van der Waals surface area contributed by atoms with E-state index in [1.807, 2.05) is 6.07 Å². The highest BCUT2D eigenvalue weighted by Crippen LogP contribution is 2.37. The lowest BCUT2D eigenvalue weighted by Crippen LogP contribution is -2.35.